The molecule has 0 saturated carbocycles. The summed E-state index contributed by atoms with van der Waals surface area (Å²) in [7, 11) is 3.15. The monoisotopic (exact) mass is 584 g/mol. The minimum atomic E-state index is -0.256. The van der Waals surface area contributed by atoms with Gasteiger partial charge in [0.25, 0.3) is 5.91 Å². The zero-order valence-corrected chi connectivity index (χ0v) is 21.8. The molecule has 0 radical (unpaired) electrons. The molecule has 1 amide bonds. The summed E-state index contributed by atoms with van der Waals surface area (Å²) in [5.74, 6) is 1.76. The lowest BCUT2D eigenvalue weighted by Gasteiger charge is -2.09. The fraction of sp³-hybridized carbons (Fsp3) is 0.160. The second kappa shape index (κ2) is 10.8. The Morgan fingerprint density at radius 1 is 1.00 bits per heavy atom. The van der Waals surface area contributed by atoms with Crippen LogP contribution in [0.15, 0.2) is 74.7 Å². The van der Waals surface area contributed by atoms with Crippen LogP contribution in [0.1, 0.15) is 17.0 Å². The number of aromatic nitrogens is 2. The predicted molar refractivity (Wildman–Crippen MR) is 140 cm³/mol. The summed E-state index contributed by atoms with van der Waals surface area (Å²) in [6.45, 7) is 0.0854. The molecule has 0 spiro atoms. The Morgan fingerprint density at radius 3 is 2.47 bits per heavy atom. The van der Waals surface area contributed by atoms with Crippen molar-refractivity contribution in [2.24, 2.45) is 5.10 Å². The van der Waals surface area contributed by atoms with Crippen molar-refractivity contribution in [3.8, 4) is 11.5 Å². The fourth-order valence-electron chi connectivity index (χ4n) is 3.53. The summed E-state index contributed by atoms with van der Waals surface area (Å²) >= 11 is 6.98. The van der Waals surface area contributed by atoms with Gasteiger partial charge in [0, 0.05) is 15.4 Å². The molecule has 1 N–H and O–H groups in total. The van der Waals surface area contributed by atoms with Gasteiger partial charge in [-0.15, -0.1) is 0 Å². The molecule has 0 bridgehead atoms. The Hall–Kier alpha value is -3.17. The van der Waals surface area contributed by atoms with Crippen LogP contribution >= 0.6 is 31.9 Å². The summed E-state index contributed by atoms with van der Waals surface area (Å²) in [4.78, 5) is 17.5. The SMILES string of the molecule is COc1ccc(/C=N/NC(=O)Cn2c(Cc3ccc(Br)cc3)nc3ccc(Br)cc32)cc1OC. The lowest BCUT2D eigenvalue weighted by molar-refractivity contribution is -0.121. The Bertz CT molecular complexity index is 1350. The normalized spacial score (nSPS) is 11.2. The highest BCUT2D eigenvalue weighted by Crippen LogP contribution is 2.27. The van der Waals surface area contributed by atoms with Gasteiger partial charge in [0.2, 0.25) is 0 Å². The molecule has 1 aromatic heterocycles. The molecule has 1 heterocycles. The van der Waals surface area contributed by atoms with Gasteiger partial charge >= 0.3 is 0 Å². The van der Waals surface area contributed by atoms with Gasteiger partial charge in [-0.2, -0.15) is 5.10 Å². The number of halogens is 2. The summed E-state index contributed by atoms with van der Waals surface area (Å²) in [6, 6.07) is 19.3. The maximum atomic E-state index is 12.8. The third-order valence-electron chi connectivity index (χ3n) is 5.18. The highest BCUT2D eigenvalue weighted by Gasteiger charge is 2.15. The molecule has 0 aliphatic heterocycles. The number of amides is 1. The number of hydrogen-bond acceptors (Lipinski definition) is 5. The largest absolute Gasteiger partial charge is 0.493 e. The summed E-state index contributed by atoms with van der Waals surface area (Å²) < 4.78 is 14.4. The van der Waals surface area contributed by atoms with Crippen molar-refractivity contribution >= 4 is 55.0 Å². The van der Waals surface area contributed by atoms with Crippen LogP contribution in [0.4, 0.5) is 0 Å². The number of carbonyl (C=O) groups is 1. The van der Waals surface area contributed by atoms with Crippen LogP contribution in [-0.2, 0) is 17.8 Å². The van der Waals surface area contributed by atoms with Crippen molar-refractivity contribution in [2.45, 2.75) is 13.0 Å². The van der Waals surface area contributed by atoms with Gasteiger partial charge in [-0.3, -0.25) is 4.79 Å². The minimum absolute atomic E-state index is 0.0854. The van der Waals surface area contributed by atoms with Crippen LogP contribution in [0.5, 0.6) is 11.5 Å². The van der Waals surface area contributed by atoms with E-state index in [-0.39, 0.29) is 12.5 Å². The second-order valence-electron chi connectivity index (χ2n) is 7.46. The zero-order chi connectivity index (χ0) is 24.1. The first kappa shape index (κ1) is 24.0. The van der Waals surface area contributed by atoms with Crippen LogP contribution in [-0.4, -0.2) is 35.9 Å². The molecule has 0 aliphatic carbocycles. The van der Waals surface area contributed by atoms with Crippen molar-refractivity contribution < 1.29 is 14.3 Å². The van der Waals surface area contributed by atoms with Gasteiger partial charge < -0.3 is 14.0 Å². The number of hydrazone groups is 1. The van der Waals surface area contributed by atoms with Crippen LogP contribution in [0.3, 0.4) is 0 Å². The molecule has 7 nitrogen and oxygen atoms in total. The maximum Gasteiger partial charge on any atom is 0.260 e. The van der Waals surface area contributed by atoms with Gasteiger partial charge in [-0.25, -0.2) is 10.4 Å². The first-order valence-electron chi connectivity index (χ1n) is 10.4. The maximum absolute atomic E-state index is 12.8. The number of fused-ring (bicyclic) bond motifs is 1. The Kier molecular flexibility index (Phi) is 7.64. The van der Waals surface area contributed by atoms with Gasteiger partial charge in [0.05, 0.1) is 31.5 Å². The molecule has 9 heteroatoms. The highest BCUT2D eigenvalue weighted by atomic mass is 79.9. The number of imidazole rings is 1. The Balaban J connectivity index is 1.53. The Morgan fingerprint density at radius 2 is 1.74 bits per heavy atom. The van der Waals surface area contributed by atoms with E-state index in [2.05, 4.69) is 42.4 Å². The predicted octanol–water partition coefficient (Wildman–Crippen LogP) is 5.32. The lowest BCUT2D eigenvalue weighted by atomic mass is 10.1. The van der Waals surface area contributed by atoms with E-state index in [0.29, 0.717) is 17.9 Å². The summed E-state index contributed by atoms with van der Waals surface area (Å²) in [6.07, 6.45) is 2.16. The lowest BCUT2D eigenvalue weighted by Crippen LogP contribution is -2.24. The average Bonchev–Trinajstić information content (AvgIpc) is 3.16. The number of carbonyl (C=O) groups excluding carboxylic acids is 1. The topological polar surface area (TPSA) is 77.7 Å². The third-order valence-corrected chi connectivity index (χ3v) is 6.20. The summed E-state index contributed by atoms with van der Waals surface area (Å²) in [5.41, 5.74) is 6.18. The molecule has 174 valence electrons. The molecule has 0 saturated heterocycles. The van der Waals surface area contributed by atoms with Crippen LogP contribution in [0.25, 0.3) is 11.0 Å². The molecule has 4 rings (SSSR count). The first-order chi connectivity index (χ1) is 16.5. The first-order valence-corrected chi connectivity index (χ1v) is 12.0. The van der Waals surface area contributed by atoms with E-state index in [1.807, 2.05) is 53.1 Å². The van der Waals surface area contributed by atoms with E-state index in [1.165, 1.54) is 0 Å². The van der Waals surface area contributed by atoms with Crippen LogP contribution in [0, 0.1) is 0 Å². The number of hydrogen-bond donors (Lipinski definition) is 1. The number of ether oxygens (including phenoxy) is 2. The molecule has 0 atom stereocenters. The molecular weight excluding hydrogens is 564 g/mol. The van der Waals surface area contributed by atoms with E-state index in [9.17, 15) is 4.79 Å². The number of nitrogens with zero attached hydrogens (tertiary/aromatic N) is 3. The molecule has 0 fully saturated rings. The van der Waals surface area contributed by atoms with Crippen LogP contribution < -0.4 is 14.9 Å². The van der Waals surface area contributed by atoms with E-state index >= 15 is 0 Å². The third kappa shape index (κ3) is 5.66. The number of benzene rings is 3. The standard InChI is InChI=1S/C25H22Br2N4O3/c1-33-22-10-5-17(11-23(22)34-2)14-28-30-25(32)15-31-21-13-19(27)8-9-20(21)29-24(31)12-16-3-6-18(26)7-4-16/h3-11,13-14H,12,15H2,1-2H3,(H,30,32)/b28-14+. The number of nitrogens with one attached hydrogen (secondary N) is 1. The van der Waals surface area contributed by atoms with Crippen molar-refractivity contribution in [3.63, 3.8) is 0 Å². The van der Waals surface area contributed by atoms with Gasteiger partial charge in [-0.05, 0) is 59.7 Å². The number of rotatable bonds is 8. The zero-order valence-electron chi connectivity index (χ0n) is 18.6. The van der Waals surface area contributed by atoms with E-state index in [0.717, 1.165) is 36.9 Å². The molecular formula is C25H22Br2N4O3. The van der Waals surface area contributed by atoms with E-state index in [1.54, 1.807) is 32.6 Å². The number of methoxy groups -OCH3 is 2. The average molecular weight is 586 g/mol. The smallest absolute Gasteiger partial charge is 0.260 e. The van der Waals surface area contributed by atoms with Crippen molar-refractivity contribution in [3.05, 3.63) is 86.6 Å². The van der Waals surface area contributed by atoms with Gasteiger partial charge in [0.1, 0.15) is 12.4 Å². The second-order valence-corrected chi connectivity index (χ2v) is 9.29. The fourth-order valence-corrected chi connectivity index (χ4v) is 4.15. The summed E-state index contributed by atoms with van der Waals surface area (Å²) in [5, 5.41) is 4.10. The highest BCUT2D eigenvalue weighted by molar-refractivity contribution is 9.10. The van der Waals surface area contributed by atoms with E-state index < -0.39 is 0 Å². The molecule has 0 aliphatic rings. The van der Waals surface area contributed by atoms with Crippen molar-refractivity contribution in [1.82, 2.24) is 15.0 Å². The van der Waals surface area contributed by atoms with Crippen molar-refractivity contribution in [1.29, 1.82) is 0 Å². The quantitative estimate of drug-likeness (QED) is 0.224. The molecule has 34 heavy (non-hydrogen) atoms. The molecule has 0 unspecified atom stereocenters. The van der Waals surface area contributed by atoms with Crippen molar-refractivity contribution in [2.75, 3.05) is 14.2 Å². The minimum Gasteiger partial charge on any atom is -0.493 e. The Labute approximate surface area is 214 Å². The van der Waals surface area contributed by atoms with Crippen LogP contribution in [0.2, 0.25) is 0 Å². The molecule has 4 aromatic rings. The van der Waals surface area contributed by atoms with E-state index in [4.69, 9.17) is 14.5 Å². The molecule has 3 aromatic carbocycles. The van der Waals surface area contributed by atoms with Gasteiger partial charge in [-0.1, -0.05) is 44.0 Å². The van der Waals surface area contributed by atoms with Gasteiger partial charge in [0.15, 0.2) is 11.5 Å².